The van der Waals surface area contributed by atoms with Crippen molar-refractivity contribution in [2.75, 3.05) is 14.1 Å². The summed E-state index contributed by atoms with van der Waals surface area (Å²) < 4.78 is 1.92. The molecular weight excluding hydrogens is 348 g/mol. The second kappa shape index (κ2) is 9.33. The monoisotopic (exact) mass is 376 g/mol. The fourth-order valence-corrected chi connectivity index (χ4v) is 3.36. The van der Waals surface area contributed by atoms with Gasteiger partial charge in [-0.1, -0.05) is 61.5 Å². The highest BCUT2D eigenvalue weighted by molar-refractivity contribution is 5.95. The number of nitrogens with zero attached hydrogens (tertiary/aromatic N) is 3. The van der Waals surface area contributed by atoms with Crippen molar-refractivity contribution in [1.29, 1.82) is 0 Å². The molecule has 1 N–H and O–H groups in total. The Balaban J connectivity index is 1.72. The van der Waals surface area contributed by atoms with Crippen LogP contribution in [-0.2, 0) is 26.1 Å². The number of rotatable bonds is 8. The summed E-state index contributed by atoms with van der Waals surface area (Å²) in [6, 6.07) is 18.4. The number of aromatic nitrogens is 2. The van der Waals surface area contributed by atoms with E-state index < -0.39 is 0 Å². The minimum Gasteiger partial charge on any atom is -0.348 e. The molecule has 1 heterocycles. The van der Waals surface area contributed by atoms with Gasteiger partial charge in [-0.05, 0) is 37.2 Å². The van der Waals surface area contributed by atoms with Crippen LogP contribution in [0.2, 0.25) is 0 Å². The zero-order chi connectivity index (χ0) is 19.9. The third kappa shape index (κ3) is 4.87. The number of hydrogen-bond donors (Lipinski definition) is 1. The van der Waals surface area contributed by atoms with Gasteiger partial charge in [0, 0.05) is 13.1 Å². The molecule has 1 aromatic heterocycles. The SMILES string of the molecule is CCc1c(C(=O)NCc2ccccc2CN(C)C)cnn1Cc1ccccc1. The van der Waals surface area contributed by atoms with Crippen molar-refractivity contribution >= 4 is 5.91 Å². The molecule has 3 rings (SSSR count). The van der Waals surface area contributed by atoms with Crippen LogP contribution in [-0.4, -0.2) is 34.7 Å². The summed E-state index contributed by atoms with van der Waals surface area (Å²) in [4.78, 5) is 15.0. The minimum absolute atomic E-state index is 0.0733. The van der Waals surface area contributed by atoms with E-state index in [4.69, 9.17) is 0 Å². The van der Waals surface area contributed by atoms with E-state index in [0.29, 0.717) is 18.7 Å². The molecule has 0 bridgehead atoms. The Labute approximate surface area is 167 Å². The molecule has 0 radical (unpaired) electrons. The summed E-state index contributed by atoms with van der Waals surface area (Å²) in [5, 5.41) is 7.53. The Morgan fingerprint density at radius 3 is 2.39 bits per heavy atom. The maximum Gasteiger partial charge on any atom is 0.255 e. The number of amides is 1. The van der Waals surface area contributed by atoms with E-state index in [0.717, 1.165) is 24.2 Å². The first kappa shape index (κ1) is 19.8. The molecule has 0 saturated carbocycles. The van der Waals surface area contributed by atoms with E-state index in [1.807, 2.05) is 49.1 Å². The predicted octanol–water partition coefficient (Wildman–Crippen LogP) is 3.49. The van der Waals surface area contributed by atoms with Crippen LogP contribution in [0.4, 0.5) is 0 Å². The highest BCUT2D eigenvalue weighted by atomic mass is 16.1. The molecule has 5 nitrogen and oxygen atoms in total. The van der Waals surface area contributed by atoms with Crippen LogP contribution < -0.4 is 5.32 Å². The van der Waals surface area contributed by atoms with Crippen LogP contribution in [0.1, 0.15) is 39.7 Å². The van der Waals surface area contributed by atoms with Crippen molar-refractivity contribution < 1.29 is 4.79 Å². The Hall–Kier alpha value is -2.92. The lowest BCUT2D eigenvalue weighted by atomic mass is 10.1. The van der Waals surface area contributed by atoms with Crippen LogP contribution in [0, 0.1) is 0 Å². The molecular formula is C23H28N4O. The zero-order valence-electron chi connectivity index (χ0n) is 16.9. The molecule has 0 aliphatic heterocycles. The lowest BCUT2D eigenvalue weighted by molar-refractivity contribution is 0.0949. The fraction of sp³-hybridized carbons (Fsp3) is 0.304. The van der Waals surface area contributed by atoms with Crippen molar-refractivity contribution in [1.82, 2.24) is 20.0 Å². The van der Waals surface area contributed by atoms with E-state index in [2.05, 4.69) is 46.5 Å². The van der Waals surface area contributed by atoms with Crippen molar-refractivity contribution in [3.8, 4) is 0 Å². The molecule has 0 fully saturated rings. The number of benzene rings is 2. The fourth-order valence-electron chi connectivity index (χ4n) is 3.36. The largest absolute Gasteiger partial charge is 0.348 e. The van der Waals surface area contributed by atoms with Crippen LogP contribution in [0.5, 0.6) is 0 Å². The highest BCUT2D eigenvalue weighted by Crippen LogP contribution is 2.14. The van der Waals surface area contributed by atoms with Gasteiger partial charge in [0.25, 0.3) is 5.91 Å². The molecule has 5 heteroatoms. The third-order valence-electron chi connectivity index (χ3n) is 4.75. The standard InChI is InChI=1S/C23H28N4O/c1-4-22-21(15-25-27(22)16-18-10-6-5-7-11-18)23(28)24-14-19-12-8-9-13-20(19)17-26(2)3/h5-13,15H,4,14,16-17H2,1-3H3,(H,24,28). The molecule has 0 spiro atoms. The Morgan fingerprint density at radius 1 is 1.04 bits per heavy atom. The molecule has 0 saturated heterocycles. The van der Waals surface area contributed by atoms with Crippen LogP contribution in [0.25, 0.3) is 0 Å². The Kier molecular flexibility index (Phi) is 6.61. The molecule has 146 valence electrons. The summed E-state index contributed by atoms with van der Waals surface area (Å²) in [6.45, 7) is 4.09. The predicted molar refractivity (Wildman–Crippen MR) is 112 cm³/mol. The van der Waals surface area contributed by atoms with Gasteiger partial charge in [-0.15, -0.1) is 0 Å². The topological polar surface area (TPSA) is 50.2 Å². The van der Waals surface area contributed by atoms with Crippen molar-refractivity contribution in [3.63, 3.8) is 0 Å². The van der Waals surface area contributed by atoms with Gasteiger partial charge in [0.1, 0.15) is 0 Å². The maximum absolute atomic E-state index is 12.8. The van der Waals surface area contributed by atoms with Crippen molar-refractivity contribution in [3.05, 3.63) is 88.7 Å². The summed E-state index contributed by atoms with van der Waals surface area (Å²) >= 11 is 0. The second-order valence-electron chi connectivity index (χ2n) is 7.19. The van der Waals surface area contributed by atoms with E-state index >= 15 is 0 Å². The molecule has 28 heavy (non-hydrogen) atoms. The molecule has 0 aliphatic rings. The van der Waals surface area contributed by atoms with Gasteiger partial charge in [-0.3, -0.25) is 9.48 Å². The lowest BCUT2D eigenvalue weighted by Gasteiger charge is -2.15. The molecule has 1 amide bonds. The number of carbonyl (C=O) groups is 1. The Bertz CT molecular complexity index is 915. The lowest BCUT2D eigenvalue weighted by Crippen LogP contribution is -2.25. The molecule has 0 atom stereocenters. The third-order valence-corrected chi connectivity index (χ3v) is 4.75. The van der Waals surface area contributed by atoms with E-state index in [1.54, 1.807) is 6.20 Å². The van der Waals surface area contributed by atoms with E-state index in [9.17, 15) is 4.79 Å². The van der Waals surface area contributed by atoms with Gasteiger partial charge < -0.3 is 10.2 Å². The first-order valence-corrected chi connectivity index (χ1v) is 9.66. The van der Waals surface area contributed by atoms with E-state index in [1.165, 1.54) is 11.1 Å². The average molecular weight is 377 g/mol. The van der Waals surface area contributed by atoms with E-state index in [-0.39, 0.29) is 5.91 Å². The first-order valence-electron chi connectivity index (χ1n) is 9.66. The van der Waals surface area contributed by atoms with Gasteiger partial charge in [0.15, 0.2) is 0 Å². The van der Waals surface area contributed by atoms with Gasteiger partial charge in [0.05, 0.1) is 24.0 Å². The summed E-state index contributed by atoms with van der Waals surface area (Å²) in [7, 11) is 4.09. The minimum atomic E-state index is -0.0733. The van der Waals surface area contributed by atoms with Gasteiger partial charge in [-0.2, -0.15) is 5.10 Å². The maximum atomic E-state index is 12.8. The van der Waals surface area contributed by atoms with Gasteiger partial charge in [-0.25, -0.2) is 0 Å². The van der Waals surface area contributed by atoms with Crippen LogP contribution >= 0.6 is 0 Å². The second-order valence-corrected chi connectivity index (χ2v) is 7.19. The molecule has 3 aromatic rings. The quantitative estimate of drug-likeness (QED) is 0.655. The molecule has 2 aromatic carbocycles. The number of nitrogens with one attached hydrogen (secondary N) is 1. The molecule has 0 aliphatic carbocycles. The smallest absolute Gasteiger partial charge is 0.255 e. The summed E-state index contributed by atoms with van der Waals surface area (Å²) in [6.07, 6.45) is 2.44. The summed E-state index contributed by atoms with van der Waals surface area (Å²) in [5.41, 5.74) is 5.15. The molecule has 0 unspecified atom stereocenters. The zero-order valence-corrected chi connectivity index (χ0v) is 16.9. The Morgan fingerprint density at radius 2 is 1.71 bits per heavy atom. The van der Waals surface area contributed by atoms with Crippen molar-refractivity contribution in [2.45, 2.75) is 33.0 Å². The number of carbonyl (C=O) groups excluding carboxylic acids is 1. The normalized spacial score (nSPS) is 11.0. The highest BCUT2D eigenvalue weighted by Gasteiger charge is 2.16. The van der Waals surface area contributed by atoms with Crippen LogP contribution in [0.15, 0.2) is 60.8 Å². The number of hydrogen-bond acceptors (Lipinski definition) is 3. The van der Waals surface area contributed by atoms with Gasteiger partial charge >= 0.3 is 0 Å². The van der Waals surface area contributed by atoms with Gasteiger partial charge in [0.2, 0.25) is 0 Å². The average Bonchev–Trinajstić information content (AvgIpc) is 3.10. The van der Waals surface area contributed by atoms with Crippen molar-refractivity contribution in [2.24, 2.45) is 0 Å². The summed E-state index contributed by atoms with van der Waals surface area (Å²) in [5.74, 6) is -0.0733. The first-order chi connectivity index (χ1) is 13.6. The van der Waals surface area contributed by atoms with Crippen LogP contribution in [0.3, 0.4) is 0 Å².